The third-order valence-corrected chi connectivity index (χ3v) is 5.20. The fourth-order valence-corrected chi connectivity index (χ4v) is 3.74. The number of likely N-dealkylation sites (N-methyl/N-ethyl adjacent to an activating group) is 1. The van der Waals surface area contributed by atoms with E-state index in [1.54, 1.807) is 29.2 Å². The summed E-state index contributed by atoms with van der Waals surface area (Å²) in [5, 5.41) is 3.33. The number of carbonyl (C=O) groups is 2. The van der Waals surface area contributed by atoms with Crippen molar-refractivity contribution < 1.29 is 14.3 Å². The minimum absolute atomic E-state index is 0.0372. The highest BCUT2D eigenvalue weighted by molar-refractivity contribution is 7.80. The lowest BCUT2D eigenvalue weighted by atomic mass is 10.1. The molecule has 7 heteroatoms. The van der Waals surface area contributed by atoms with Crippen LogP contribution in [0.3, 0.4) is 0 Å². The highest BCUT2D eigenvalue weighted by Gasteiger charge is 2.42. The van der Waals surface area contributed by atoms with E-state index < -0.39 is 6.04 Å². The zero-order valence-electron chi connectivity index (χ0n) is 16.6. The molecule has 6 nitrogen and oxygen atoms in total. The van der Waals surface area contributed by atoms with Gasteiger partial charge in [0.15, 0.2) is 5.11 Å². The van der Waals surface area contributed by atoms with Gasteiger partial charge in [-0.2, -0.15) is 0 Å². The number of anilines is 1. The smallest absolute Gasteiger partial charge is 0.252 e. The molecular formula is C22H25N3O3S. The number of rotatable bonds is 8. The number of amides is 2. The Bertz CT molecular complexity index is 871. The Morgan fingerprint density at radius 3 is 2.41 bits per heavy atom. The maximum Gasteiger partial charge on any atom is 0.252 e. The Balaban J connectivity index is 1.70. The zero-order chi connectivity index (χ0) is 20.8. The quantitative estimate of drug-likeness (QED) is 0.675. The lowest BCUT2D eigenvalue weighted by molar-refractivity contribution is -0.130. The molecule has 0 aromatic heterocycles. The van der Waals surface area contributed by atoms with E-state index in [9.17, 15) is 9.59 Å². The number of hydrogen-bond donors (Lipinski definition) is 1. The molecule has 1 aliphatic heterocycles. The molecule has 2 amide bonds. The number of nitrogens with one attached hydrogen (secondary N) is 1. The van der Waals surface area contributed by atoms with Crippen LogP contribution >= 0.6 is 12.2 Å². The van der Waals surface area contributed by atoms with Gasteiger partial charge in [-0.15, -0.1) is 0 Å². The van der Waals surface area contributed by atoms with Crippen LogP contribution in [0.2, 0.25) is 0 Å². The monoisotopic (exact) mass is 411 g/mol. The summed E-state index contributed by atoms with van der Waals surface area (Å²) in [6.07, 6.45) is 0.0372. The molecule has 1 fully saturated rings. The van der Waals surface area contributed by atoms with Crippen LogP contribution in [0, 0.1) is 0 Å². The largest absolute Gasteiger partial charge is 0.494 e. The van der Waals surface area contributed by atoms with E-state index in [1.165, 1.54) is 0 Å². The third-order valence-electron chi connectivity index (χ3n) is 4.74. The number of ether oxygens (including phenoxy) is 1. The fourth-order valence-electron chi connectivity index (χ4n) is 3.33. The van der Waals surface area contributed by atoms with E-state index in [4.69, 9.17) is 17.0 Å². The highest BCUT2D eigenvalue weighted by atomic mass is 32.1. The molecule has 29 heavy (non-hydrogen) atoms. The molecule has 1 unspecified atom stereocenters. The van der Waals surface area contributed by atoms with Crippen LogP contribution in [0.5, 0.6) is 5.75 Å². The highest BCUT2D eigenvalue weighted by Crippen LogP contribution is 2.24. The van der Waals surface area contributed by atoms with Crippen LogP contribution in [-0.4, -0.2) is 45.9 Å². The number of thiocarbonyl (C=S) groups is 1. The van der Waals surface area contributed by atoms with Crippen molar-refractivity contribution in [2.75, 3.05) is 18.5 Å². The van der Waals surface area contributed by atoms with Crippen molar-refractivity contribution in [2.24, 2.45) is 0 Å². The van der Waals surface area contributed by atoms with Crippen molar-refractivity contribution in [3.63, 3.8) is 0 Å². The molecule has 0 bridgehead atoms. The van der Waals surface area contributed by atoms with Gasteiger partial charge in [0.2, 0.25) is 5.91 Å². The summed E-state index contributed by atoms with van der Waals surface area (Å²) >= 11 is 5.52. The summed E-state index contributed by atoms with van der Waals surface area (Å²) in [6.45, 7) is 5.36. The summed E-state index contributed by atoms with van der Waals surface area (Å²) in [5.74, 6) is 0.385. The number of hydrogen-bond acceptors (Lipinski definition) is 4. The second-order valence-electron chi connectivity index (χ2n) is 6.70. The first-order chi connectivity index (χ1) is 14.0. The normalized spacial score (nSPS) is 16.3. The minimum atomic E-state index is -0.606. The van der Waals surface area contributed by atoms with Gasteiger partial charge in [-0.3, -0.25) is 14.5 Å². The number of nitrogens with zero attached hydrogens (tertiary/aromatic N) is 2. The zero-order valence-corrected chi connectivity index (χ0v) is 17.4. The molecule has 2 aromatic rings. The summed E-state index contributed by atoms with van der Waals surface area (Å²) < 4.78 is 5.41. The summed E-state index contributed by atoms with van der Waals surface area (Å²) in [6, 6.07) is 16.4. The second-order valence-corrected chi connectivity index (χ2v) is 7.07. The molecular weight excluding hydrogens is 386 g/mol. The predicted molar refractivity (Wildman–Crippen MR) is 117 cm³/mol. The van der Waals surface area contributed by atoms with Gasteiger partial charge in [0.05, 0.1) is 13.0 Å². The molecule has 0 radical (unpaired) electrons. The first kappa shape index (κ1) is 20.8. The van der Waals surface area contributed by atoms with Crippen LogP contribution in [0.1, 0.15) is 25.8 Å². The molecule has 1 N–H and O–H groups in total. The van der Waals surface area contributed by atoms with E-state index in [0.29, 0.717) is 30.5 Å². The van der Waals surface area contributed by atoms with Gasteiger partial charge < -0.3 is 15.0 Å². The standard InChI is InChI=1S/C22H25N3O3S/c1-3-24-21(27)19(25(22(24)29)15-16-8-6-5-7-9-16)14-20(26)23-17-10-12-18(13-11-17)28-4-2/h5-13,19H,3-4,14-15H2,1-2H3,(H,23,26). The van der Waals surface area contributed by atoms with E-state index in [0.717, 1.165) is 11.3 Å². The van der Waals surface area contributed by atoms with Crippen LogP contribution in [-0.2, 0) is 16.1 Å². The molecule has 3 rings (SSSR count). The van der Waals surface area contributed by atoms with Crippen LogP contribution in [0.25, 0.3) is 0 Å². The third kappa shape index (κ3) is 4.92. The Labute approximate surface area is 176 Å². The van der Waals surface area contributed by atoms with Crippen molar-refractivity contribution in [1.82, 2.24) is 9.80 Å². The maximum absolute atomic E-state index is 12.9. The lowest BCUT2D eigenvalue weighted by Crippen LogP contribution is -2.37. The Hall–Kier alpha value is -2.93. The Morgan fingerprint density at radius 1 is 1.10 bits per heavy atom. The average molecular weight is 412 g/mol. The van der Waals surface area contributed by atoms with Gasteiger partial charge in [0.25, 0.3) is 5.91 Å². The van der Waals surface area contributed by atoms with Crippen molar-refractivity contribution in [3.05, 3.63) is 60.2 Å². The maximum atomic E-state index is 12.9. The van der Waals surface area contributed by atoms with Crippen LogP contribution < -0.4 is 10.1 Å². The van der Waals surface area contributed by atoms with Gasteiger partial charge in [-0.25, -0.2) is 0 Å². The summed E-state index contributed by atoms with van der Waals surface area (Å²) in [4.78, 5) is 28.9. The van der Waals surface area contributed by atoms with E-state index in [2.05, 4.69) is 5.32 Å². The van der Waals surface area contributed by atoms with E-state index in [-0.39, 0.29) is 18.2 Å². The Kier molecular flexibility index (Phi) is 6.82. The average Bonchev–Trinajstić information content (AvgIpc) is 2.94. The molecule has 1 aliphatic rings. The van der Waals surface area contributed by atoms with Gasteiger partial charge in [-0.05, 0) is 55.9 Å². The molecule has 0 spiro atoms. The summed E-state index contributed by atoms with van der Waals surface area (Å²) in [7, 11) is 0. The van der Waals surface area contributed by atoms with Crippen molar-refractivity contribution in [1.29, 1.82) is 0 Å². The van der Waals surface area contributed by atoms with E-state index in [1.807, 2.05) is 49.1 Å². The predicted octanol–water partition coefficient (Wildman–Crippen LogP) is 3.43. The SMILES string of the molecule is CCOc1ccc(NC(=O)CC2C(=O)N(CC)C(=S)N2Cc2ccccc2)cc1. The fraction of sp³-hybridized carbons (Fsp3) is 0.318. The van der Waals surface area contributed by atoms with Crippen molar-refractivity contribution >= 4 is 34.8 Å². The first-order valence-electron chi connectivity index (χ1n) is 9.72. The molecule has 1 saturated heterocycles. The Morgan fingerprint density at radius 2 is 1.79 bits per heavy atom. The van der Waals surface area contributed by atoms with Crippen LogP contribution in [0.4, 0.5) is 5.69 Å². The van der Waals surface area contributed by atoms with Crippen molar-refractivity contribution in [3.8, 4) is 5.75 Å². The number of benzene rings is 2. The topological polar surface area (TPSA) is 61.9 Å². The van der Waals surface area contributed by atoms with Gasteiger partial charge in [0, 0.05) is 18.8 Å². The van der Waals surface area contributed by atoms with Gasteiger partial charge in [0.1, 0.15) is 11.8 Å². The first-order valence-corrected chi connectivity index (χ1v) is 10.1. The van der Waals surface area contributed by atoms with Gasteiger partial charge in [-0.1, -0.05) is 30.3 Å². The molecule has 0 aliphatic carbocycles. The second kappa shape index (κ2) is 9.52. The number of carbonyl (C=O) groups excluding carboxylic acids is 2. The summed E-state index contributed by atoms with van der Waals surface area (Å²) in [5.41, 5.74) is 1.70. The van der Waals surface area contributed by atoms with E-state index >= 15 is 0 Å². The van der Waals surface area contributed by atoms with Crippen LogP contribution in [0.15, 0.2) is 54.6 Å². The molecule has 1 heterocycles. The lowest BCUT2D eigenvalue weighted by Gasteiger charge is -2.23. The molecule has 0 saturated carbocycles. The molecule has 1 atom stereocenters. The molecule has 152 valence electrons. The minimum Gasteiger partial charge on any atom is -0.494 e. The van der Waals surface area contributed by atoms with Crippen molar-refractivity contribution in [2.45, 2.75) is 32.9 Å². The molecule has 2 aromatic carbocycles. The van der Waals surface area contributed by atoms with Gasteiger partial charge >= 0.3 is 0 Å².